The van der Waals surface area contributed by atoms with Crippen molar-refractivity contribution in [3.05, 3.63) is 175 Å². The molecule has 8 aromatic rings. The smallest absolute Gasteiger partial charge is 0.165 e. The maximum absolute atomic E-state index is 5.09. The van der Waals surface area contributed by atoms with E-state index in [1.807, 2.05) is 48.2 Å². The highest BCUT2D eigenvalue weighted by molar-refractivity contribution is 8.01. The second-order valence-corrected chi connectivity index (χ2v) is 13.8. The third-order valence-electron chi connectivity index (χ3n) is 9.89. The molecule has 0 bridgehead atoms. The molecular formula is C45H29N3S. The quantitative estimate of drug-likeness (QED) is 0.179. The fourth-order valence-electron chi connectivity index (χ4n) is 7.60. The van der Waals surface area contributed by atoms with Crippen LogP contribution in [0.4, 0.5) is 0 Å². The van der Waals surface area contributed by atoms with Gasteiger partial charge in [-0.25, -0.2) is 15.0 Å². The van der Waals surface area contributed by atoms with Crippen LogP contribution in [0, 0.1) is 0 Å². The molecule has 230 valence electrons. The summed E-state index contributed by atoms with van der Waals surface area (Å²) < 4.78 is 0. The summed E-state index contributed by atoms with van der Waals surface area (Å²) >= 11 is 1.94. The largest absolute Gasteiger partial charge is 0.208 e. The molecule has 49 heavy (non-hydrogen) atoms. The number of nitrogens with zero attached hydrogens (tertiary/aromatic N) is 3. The lowest BCUT2D eigenvalue weighted by Gasteiger charge is -2.24. The van der Waals surface area contributed by atoms with E-state index < -0.39 is 0 Å². The minimum Gasteiger partial charge on any atom is -0.208 e. The molecule has 3 nitrogen and oxygen atoms in total. The molecule has 0 spiro atoms. The average Bonchev–Trinajstić information content (AvgIpc) is 3.58. The highest BCUT2D eigenvalue weighted by Gasteiger charge is 2.38. The average molecular weight is 644 g/mol. The Morgan fingerprint density at radius 1 is 0.449 bits per heavy atom. The van der Waals surface area contributed by atoms with Gasteiger partial charge < -0.3 is 0 Å². The van der Waals surface area contributed by atoms with Gasteiger partial charge in [0.1, 0.15) is 0 Å². The van der Waals surface area contributed by atoms with Crippen molar-refractivity contribution < 1.29 is 0 Å². The van der Waals surface area contributed by atoms with Gasteiger partial charge in [-0.3, -0.25) is 0 Å². The van der Waals surface area contributed by atoms with Gasteiger partial charge in [-0.15, -0.1) is 11.8 Å². The summed E-state index contributed by atoms with van der Waals surface area (Å²) in [4.78, 5) is 16.4. The molecule has 4 heteroatoms. The molecule has 2 unspecified atom stereocenters. The summed E-state index contributed by atoms with van der Waals surface area (Å²) in [5.41, 5.74) is 6.95. The van der Waals surface area contributed by atoms with Crippen molar-refractivity contribution in [2.24, 2.45) is 0 Å². The van der Waals surface area contributed by atoms with Crippen LogP contribution in [0.15, 0.2) is 169 Å². The number of benzene rings is 7. The fraction of sp³-hybridized carbons (Fsp3) is 0.0444. The number of allylic oxidation sites excluding steroid dienone is 3. The summed E-state index contributed by atoms with van der Waals surface area (Å²) in [6, 6.07) is 51.6. The molecule has 0 saturated carbocycles. The maximum Gasteiger partial charge on any atom is 0.165 e. The second kappa shape index (κ2) is 11.4. The standard InChI is InChI=1S/C45H29N3S/c1-3-13-28(14-4-1)43-46-44(29-15-5-2-6-16-29)48-45(47-43)39-24-12-23-38-37-22-11-21-31(41(37)49-42(38)39)30-25-26-36-34-19-8-7-17-32(34)33-18-9-10-20-35(33)40(36)27-30/h1-27,37,41H. The molecule has 2 atom stereocenters. The fourth-order valence-corrected chi connectivity index (χ4v) is 9.21. The molecule has 2 aliphatic rings. The molecule has 0 saturated heterocycles. The van der Waals surface area contributed by atoms with Crippen molar-refractivity contribution in [2.75, 3.05) is 0 Å². The third kappa shape index (κ3) is 4.63. The van der Waals surface area contributed by atoms with E-state index in [0.717, 1.165) is 16.7 Å². The van der Waals surface area contributed by atoms with Gasteiger partial charge in [0.25, 0.3) is 0 Å². The molecule has 1 aromatic heterocycles. The van der Waals surface area contributed by atoms with E-state index >= 15 is 0 Å². The van der Waals surface area contributed by atoms with E-state index in [1.54, 1.807) is 0 Å². The van der Waals surface area contributed by atoms with Crippen LogP contribution in [0.1, 0.15) is 17.0 Å². The van der Waals surface area contributed by atoms with E-state index in [4.69, 9.17) is 15.0 Å². The first kappa shape index (κ1) is 28.2. The first-order chi connectivity index (χ1) is 24.3. The van der Waals surface area contributed by atoms with Crippen LogP contribution < -0.4 is 0 Å². The second-order valence-electron chi connectivity index (χ2n) is 12.7. The molecule has 0 amide bonds. The van der Waals surface area contributed by atoms with Gasteiger partial charge in [-0.2, -0.15) is 0 Å². The van der Waals surface area contributed by atoms with Crippen molar-refractivity contribution in [1.82, 2.24) is 15.0 Å². The zero-order valence-corrected chi connectivity index (χ0v) is 27.3. The van der Waals surface area contributed by atoms with Gasteiger partial charge in [-0.1, -0.05) is 158 Å². The van der Waals surface area contributed by atoms with Gasteiger partial charge in [-0.05, 0) is 55.1 Å². The molecule has 7 aromatic carbocycles. The highest BCUT2D eigenvalue weighted by atomic mass is 32.2. The van der Waals surface area contributed by atoms with Gasteiger partial charge in [0, 0.05) is 32.8 Å². The zero-order valence-electron chi connectivity index (χ0n) is 26.5. The van der Waals surface area contributed by atoms with E-state index in [1.165, 1.54) is 53.9 Å². The van der Waals surface area contributed by atoms with Crippen molar-refractivity contribution in [3.8, 4) is 34.2 Å². The molecule has 0 N–H and O–H groups in total. The van der Waals surface area contributed by atoms with E-state index in [0.29, 0.717) is 17.5 Å². The Balaban J connectivity index is 1.09. The molecule has 0 radical (unpaired) electrons. The Kier molecular flexibility index (Phi) is 6.56. The predicted octanol–water partition coefficient (Wildman–Crippen LogP) is 11.5. The highest BCUT2D eigenvalue weighted by Crippen LogP contribution is 2.55. The predicted molar refractivity (Wildman–Crippen MR) is 205 cm³/mol. The minimum absolute atomic E-state index is 0.245. The Labute approximate surface area is 288 Å². The zero-order chi connectivity index (χ0) is 32.3. The number of hydrogen-bond donors (Lipinski definition) is 0. The van der Waals surface area contributed by atoms with Crippen LogP contribution in [0.3, 0.4) is 0 Å². The monoisotopic (exact) mass is 643 g/mol. The number of rotatable bonds is 4. The summed E-state index contributed by atoms with van der Waals surface area (Å²) in [6.07, 6.45) is 6.92. The van der Waals surface area contributed by atoms with Crippen molar-refractivity contribution in [2.45, 2.75) is 16.1 Å². The summed E-state index contributed by atoms with van der Waals surface area (Å²) in [5.74, 6) is 2.32. The Hall–Kier alpha value is -5.84. The summed E-state index contributed by atoms with van der Waals surface area (Å²) in [7, 11) is 0. The van der Waals surface area contributed by atoms with Crippen LogP contribution in [0.2, 0.25) is 0 Å². The number of fused-ring (bicyclic) bond motifs is 9. The minimum atomic E-state index is 0.245. The lowest BCUT2D eigenvalue weighted by molar-refractivity contribution is 0.893. The van der Waals surface area contributed by atoms with Crippen LogP contribution in [0.25, 0.3) is 72.1 Å². The summed E-state index contributed by atoms with van der Waals surface area (Å²) in [6.45, 7) is 0. The van der Waals surface area contributed by atoms with Crippen molar-refractivity contribution in [3.63, 3.8) is 0 Å². The number of thioether (sulfide) groups is 1. The van der Waals surface area contributed by atoms with E-state index in [9.17, 15) is 0 Å². The molecule has 10 rings (SSSR count). The Bertz CT molecular complexity index is 2550. The SMILES string of the molecule is C1=CC2c3cccc(-c4nc(-c5ccccc5)nc(-c5ccccc5)n4)c3SC2C(c2ccc3c4ccccc4c4ccccc4c3c2)=C1. The normalized spacial score (nSPS) is 16.5. The topological polar surface area (TPSA) is 38.7 Å². The Morgan fingerprint density at radius 3 is 1.63 bits per heavy atom. The van der Waals surface area contributed by atoms with Crippen molar-refractivity contribution >= 4 is 49.7 Å². The first-order valence-corrected chi connectivity index (χ1v) is 17.6. The van der Waals surface area contributed by atoms with Gasteiger partial charge in [0.15, 0.2) is 17.5 Å². The van der Waals surface area contributed by atoms with Gasteiger partial charge >= 0.3 is 0 Å². The molecule has 1 aliphatic carbocycles. The lowest BCUT2D eigenvalue weighted by Crippen LogP contribution is -2.13. The molecule has 1 aliphatic heterocycles. The number of hydrogen-bond acceptors (Lipinski definition) is 4. The van der Waals surface area contributed by atoms with Crippen molar-refractivity contribution in [1.29, 1.82) is 0 Å². The molecule has 2 heterocycles. The third-order valence-corrected chi connectivity index (χ3v) is 11.4. The van der Waals surface area contributed by atoms with Crippen LogP contribution in [0.5, 0.6) is 0 Å². The summed E-state index contributed by atoms with van der Waals surface area (Å²) in [5, 5.41) is 8.03. The van der Waals surface area contributed by atoms with E-state index in [2.05, 4.69) is 127 Å². The van der Waals surface area contributed by atoms with Crippen LogP contribution in [-0.2, 0) is 0 Å². The molecule has 0 fully saturated rings. The maximum atomic E-state index is 5.09. The Morgan fingerprint density at radius 2 is 1.00 bits per heavy atom. The number of aromatic nitrogens is 3. The van der Waals surface area contributed by atoms with Crippen LogP contribution >= 0.6 is 11.8 Å². The lowest BCUT2D eigenvalue weighted by atomic mass is 9.84. The molecular weight excluding hydrogens is 615 g/mol. The van der Waals surface area contributed by atoms with Gasteiger partial charge in [0.2, 0.25) is 0 Å². The van der Waals surface area contributed by atoms with Gasteiger partial charge in [0.05, 0.1) is 0 Å². The van der Waals surface area contributed by atoms with E-state index in [-0.39, 0.29) is 11.2 Å². The first-order valence-electron chi connectivity index (χ1n) is 16.7. The van der Waals surface area contributed by atoms with Crippen LogP contribution in [-0.4, -0.2) is 20.2 Å².